The molecule has 0 N–H and O–H groups in total. The van der Waals surface area contributed by atoms with Crippen LogP contribution in [0.3, 0.4) is 0 Å². The van der Waals surface area contributed by atoms with Gasteiger partial charge in [-0.1, -0.05) is 12.1 Å². The summed E-state index contributed by atoms with van der Waals surface area (Å²) in [6, 6.07) is 10.4. The Morgan fingerprint density at radius 2 is 2.06 bits per heavy atom. The molecule has 18 heavy (non-hydrogen) atoms. The Balaban J connectivity index is 2.55. The first-order valence-electron chi connectivity index (χ1n) is 5.04. The van der Waals surface area contributed by atoms with Gasteiger partial charge in [0.05, 0.1) is 17.3 Å². The van der Waals surface area contributed by atoms with E-state index < -0.39 is 9.84 Å². The fraction of sp³-hybridized carbons (Fsp3) is 0.0833. The predicted molar refractivity (Wildman–Crippen MR) is 65.3 cm³/mol. The maximum absolute atomic E-state index is 11.4. The van der Waals surface area contributed by atoms with Gasteiger partial charge in [0.2, 0.25) is 15.0 Å². The van der Waals surface area contributed by atoms with Gasteiger partial charge in [0.25, 0.3) is 0 Å². The quantitative estimate of drug-likeness (QED) is 0.761. The van der Waals surface area contributed by atoms with Crippen molar-refractivity contribution < 1.29 is 8.42 Å². The van der Waals surface area contributed by atoms with Crippen LogP contribution in [-0.2, 0) is 9.84 Å². The molecule has 0 amide bonds. The molecule has 0 atom stereocenters. The molecule has 2 aromatic rings. The molecule has 0 unspecified atom stereocenters. The van der Waals surface area contributed by atoms with Crippen molar-refractivity contribution in [3.8, 4) is 17.3 Å². The van der Waals surface area contributed by atoms with Crippen LogP contribution < -0.4 is 0 Å². The number of rotatable bonds is 2. The fourth-order valence-corrected chi connectivity index (χ4v) is 1.94. The Hall–Kier alpha value is -2.26. The van der Waals surface area contributed by atoms with E-state index in [4.69, 9.17) is 5.26 Å². The third-order valence-electron chi connectivity index (χ3n) is 2.25. The maximum atomic E-state index is 11.4. The van der Waals surface area contributed by atoms with E-state index >= 15 is 0 Å². The summed E-state index contributed by atoms with van der Waals surface area (Å²) in [5, 5.41) is 8.59. The summed E-state index contributed by atoms with van der Waals surface area (Å²) >= 11 is 0. The first-order chi connectivity index (χ1) is 8.50. The van der Waals surface area contributed by atoms with Crippen molar-refractivity contribution in [3.63, 3.8) is 0 Å². The van der Waals surface area contributed by atoms with Crippen LogP contribution in [0, 0.1) is 11.3 Å². The van der Waals surface area contributed by atoms with E-state index in [-0.39, 0.29) is 5.16 Å². The van der Waals surface area contributed by atoms with E-state index in [9.17, 15) is 8.42 Å². The molecule has 0 aliphatic carbocycles. The molecule has 0 aliphatic heterocycles. The first kappa shape index (κ1) is 12.2. The van der Waals surface area contributed by atoms with Crippen LogP contribution in [0.2, 0.25) is 0 Å². The second-order valence-corrected chi connectivity index (χ2v) is 5.60. The Kier molecular flexibility index (Phi) is 3.08. The Morgan fingerprint density at radius 3 is 2.72 bits per heavy atom. The van der Waals surface area contributed by atoms with Gasteiger partial charge in [-0.3, -0.25) is 0 Å². The van der Waals surface area contributed by atoms with Crippen LogP contribution in [0.1, 0.15) is 5.56 Å². The third-order valence-corrected chi connectivity index (χ3v) is 3.11. The number of nitrogens with zero attached hydrogens (tertiary/aromatic N) is 3. The first-order valence-corrected chi connectivity index (χ1v) is 6.93. The zero-order valence-corrected chi connectivity index (χ0v) is 10.3. The highest BCUT2D eigenvalue weighted by Crippen LogP contribution is 2.18. The van der Waals surface area contributed by atoms with Gasteiger partial charge in [-0.2, -0.15) is 5.26 Å². The Labute approximate surface area is 105 Å². The summed E-state index contributed by atoms with van der Waals surface area (Å²) in [4.78, 5) is 7.70. The van der Waals surface area contributed by atoms with Crippen LogP contribution >= 0.6 is 0 Å². The van der Waals surface area contributed by atoms with E-state index in [1.165, 1.54) is 6.20 Å². The molecule has 2 rings (SSSR count). The third kappa shape index (κ3) is 2.52. The highest BCUT2D eigenvalue weighted by molar-refractivity contribution is 7.90. The molecule has 90 valence electrons. The molecule has 0 saturated carbocycles. The smallest absolute Gasteiger partial charge is 0.227 e. The standard InChI is InChI=1S/C12H9N3O2S/c1-18(16,17)12-14-6-5-11(15-12)10-4-2-3-9(7-10)8-13/h2-7H,1H3. The van der Waals surface area contributed by atoms with Gasteiger partial charge in [-0.05, 0) is 18.2 Å². The molecule has 6 heteroatoms. The SMILES string of the molecule is CS(=O)(=O)c1nccc(-c2cccc(C#N)c2)n1. The monoisotopic (exact) mass is 259 g/mol. The summed E-state index contributed by atoms with van der Waals surface area (Å²) in [6.45, 7) is 0. The van der Waals surface area contributed by atoms with Crippen LogP contribution in [-0.4, -0.2) is 24.6 Å². The van der Waals surface area contributed by atoms with Crippen molar-refractivity contribution in [3.05, 3.63) is 42.1 Å². The maximum Gasteiger partial charge on any atom is 0.247 e. The summed E-state index contributed by atoms with van der Waals surface area (Å²) in [5.41, 5.74) is 1.65. The zero-order valence-electron chi connectivity index (χ0n) is 9.53. The molecule has 1 aromatic carbocycles. The average Bonchev–Trinajstić information content (AvgIpc) is 2.38. The molecular formula is C12H9N3O2S. The summed E-state index contributed by atoms with van der Waals surface area (Å²) in [6.07, 6.45) is 2.44. The second kappa shape index (κ2) is 4.55. The molecule has 0 radical (unpaired) electrons. The summed E-state index contributed by atoms with van der Waals surface area (Å²) in [7, 11) is -3.44. The highest BCUT2D eigenvalue weighted by Gasteiger charge is 2.12. The van der Waals surface area contributed by atoms with Gasteiger partial charge in [-0.15, -0.1) is 0 Å². The van der Waals surface area contributed by atoms with Crippen molar-refractivity contribution in [1.29, 1.82) is 5.26 Å². The minimum atomic E-state index is -3.44. The van der Waals surface area contributed by atoms with Gasteiger partial charge in [0, 0.05) is 18.0 Å². The van der Waals surface area contributed by atoms with E-state index in [0.717, 1.165) is 6.26 Å². The molecule has 1 heterocycles. The summed E-state index contributed by atoms with van der Waals surface area (Å²) < 4.78 is 22.7. The largest absolute Gasteiger partial charge is 0.247 e. The van der Waals surface area contributed by atoms with Crippen molar-refractivity contribution in [1.82, 2.24) is 9.97 Å². The molecule has 0 aliphatic rings. The molecule has 0 spiro atoms. The number of sulfone groups is 1. The Morgan fingerprint density at radius 1 is 1.28 bits per heavy atom. The minimum absolute atomic E-state index is 0.220. The number of nitriles is 1. The lowest BCUT2D eigenvalue weighted by molar-refractivity contribution is 0.593. The lowest BCUT2D eigenvalue weighted by Gasteiger charge is -2.02. The zero-order chi connectivity index (χ0) is 13.2. The van der Waals surface area contributed by atoms with Gasteiger partial charge in [-0.25, -0.2) is 18.4 Å². The molecule has 5 nitrogen and oxygen atoms in total. The molecular weight excluding hydrogens is 250 g/mol. The van der Waals surface area contributed by atoms with Crippen molar-refractivity contribution in [2.75, 3.05) is 6.26 Å². The lowest BCUT2D eigenvalue weighted by Crippen LogP contribution is -2.04. The summed E-state index contributed by atoms with van der Waals surface area (Å²) in [5.74, 6) is 0. The molecule has 1 aromatic heterocycles. The second-order valence-electron chi connectivity index (χ2n) is 3.69. The normalized spacial score (nSPS) is 10.9. The van der Waals surface area contributed by atoms with Crippen molar-refractivity contribution in [2.24, 2.45) is 0 Å². The van der Waals surface area contributed by atoms with Crippen molar-refractivity contribution >= 4 is 9.84 Å². The molecule has 0 bridgehead atoms. The van der Waals surface area contributed by atoms with E-state index in [0.29, 0.717) is 16.8 Å². The minimum Gasteiger partial charge on any atom is -0.227 e. The van der Waals surface area contributed by atoms with Crippen LogP contribution in [0.4, 0.5) is 0 Å². The number of hydrogen-bond acceptors (Lipinski definition) is 5. The van der Waals surface area contributed by atoms with Gasteiger partial charge >= 0.3 is 0 Å². The van der Waals surface area contributed by atoms with E-state index in [1.54, 1.807) is 30.3 Å². The van der Waals surface area contributed by atoms with Crippen LogP contribution in [0.15, 0.2) is 41.7 Å². The molecule has 0 saturated heterocycles. The lowest BCUT2D eigenvalue weighted by atomic mass is 10.1. The number of aromatic nitrogens is 2. The van der Waals surface area contributed by atoms with Gasteiger partial charge in [0.1, 0.15) is 0 Å². The van der Waals surface area contributed by atoms with Crippen LogP contribution in [0.25, 0.3) is 11.3 Å². The fourth-order valence-electron chi connectivity index (χ4n) is 1.43. The van der Waals surface area contributed by atoms with E-state index in [1.807, 2.05) is 6.07 Å². The number of benzene rings is 1. The average molecular weight is 259 g/mol. The highest BCUT2D eigenvalue weighted by atomic mass is 32.2. The van der Waals surface area contributed by atoms with Gasteiger partial charge in [0.15, 0.2) is 0 Å². The predicted octanol–water partition coefficient (Wildman–Crippen LogP) is 1.42. The van der Waals surface area contributed by atoms with Crippen molar-refractivity contribution in [2.45, 2.75) is 5.16 Å². The van der Waals surface area contributed by atoms with Crippen LogP contribution in [0.5, 0.6) is 0 Å². The van der Waals surface area contributed by atoms with Gasteiger partial charge < -0.3 is 0 Å². The van der Waals surface area contributed by atoms with E-state index in [2.05, 4.69) is 9.97 Å². The topological polar surface area (TPSA) is 83.7 Å². The molecule has 0 fully saturated rings. The number of hydrogen-bond donors (Lipinski definition) is 0. The Bertz CT molecular complexity index is 733.